The van der Waals surface area contributed by atoms with Crippen molar-refractivity contribution < 1.29 is 14.3 Å². The second-order valence-corrected chi connectivity index (χ2v) is 9.85. The van der Waals surface area contributed by atoms with E-state index in [1.165, 1.54) is 0 Å². The lowest BCUT2D eigenvalue weighted by molar-refractivity contribution is -0.148. The SMILES string of the molecule is CCOC(=O)C1CCN(c2nc(NCc3ccc(OC)c(Cl)c3)c3c(Cl)c(C)sc3n2)CC1. The van der Waals surface area contributed by atoms with Crippen molar-refractivity contribution in [3.63, 3.8) is 0 Å². The number of hydrogen-bond acceptors (Lipinski definition) is 8. The Hall–Kier alpha value is -2.29. The van der Waals surface area contributed by atoms with Gasteiger partial charge in [0.2, 0.25) is 5.95 Å². The number of aryl methyl sites for hydroxylation is 1. The highest BCUT2D eigenvalue weighted by Crippen LogP contribution is 2.39. The van der Waals surface area contributed by atoms with E-state index >= 15 is 0 Å². The van der Waals surface area contributed by atoms with E-state index in [2.05, 4.69) is 10.2 Å². The van der Waals surface area contributed by atoms with E-state index in [1.807, 2.05) is 32.0 Å². The summed E-state index contributed by atoms with van der Waals surface area (Å²) < 4.78 is 10.4. The van der Waals surface area contributed by atoms with E-state index in [-0.39, 0.29) is 11.9 Å². The van der Waals surface area contributed by atoms with Crippen LogP contribution in [0.25, 0.3) is 10.2 Å². The monoisotopic (exact) mass is 508 g/mol. The lowest BCUT2D eigenvalue weighted by Gasteiger charge is -2.31. The molecule has 0 spiro atoms. The minimum absolute atomic E-state index is 0.0687. The predicted molar refractivity (Wildman–Crippen MR) is 134 cm³/mol. The number of anilines is 2. The van der Waals surface area contributed by atoms with Gasteiger partial charge in [0.15, 0.2) is 0 Å². The van der Waals surface area contributed by atoms with E-state index in [9.17, 15) is 4.79 Å². The molecule has 0 bridgehead atoms. The van der Waals surface area contributed by atoms with Gasteiger partial charge in [-0.2, -0.15) is 4.98 Å². The first-order valence-corrected chi connectivity index (χ1v) is 12.4. The Balaban J connectivity index is 1.57. The first-order chi connectivity index (χ1) is 15.9. The minimum Gasteiger partial charge on any atom is -0.495 e. The molecule has 0 saturated carbocycles. The van der Waals surface area contributed by atoms with Crippen molar-refractivity contribution in [2.24, 2.45) is 5.92 Å². The molecule has 3 heterocycles. The Labute approximate surface area is 207 Å². The molecule has 1 aliphatic rings. The van der Waals surface area contributed by atoms with Gasteiger partial charge >= 0.3 is 5.97 Å². The van der Waals surface area contributed by atoms with Gasteiger partial charge in [0.05, 0.1) is 35.1 Å². The van der Waals surface area contributed by atoms with E-state index in [0.29, 0.717) is 53.8 Å². The number of fused-ring (bicyclic) bond motifs is 1. The Morgan fingerprint density at radius 1 is 1.27 bits per heavy atom. The molecular weight excluding hydrogens is 483 g/mol. The van der Waals surface area contributed by atoms with Crippen LogP contribution >= 0.6 is 34.5 Å². The Morgan fingerprint density at radius 2 is 2.03 bits per heavy atom. The number of carbonyl (C=O) groups is 1. The van der Waals surface area contributed by atoms with E-state index in [1.54, 1.807) is 18.4 Å². The normalized spacial score (nSPS) is 14.5. The summed E-state index contributed by atoms with van der Waals surface area (Å²) in [7, 11) is 1.59. The number of aromatic nitrogens is 2. The number of benzene rings is 1. The van der Waals surface area contributed by atoms with Crippen molar-refractivity contribution in [2.75, 3.05) is 37.0 Å². The summed E-state index contributed by atoms with van der Waals surface area (Å²) in [4.78, 5) is 25.7. The molecule has 1 N–H and O–H groups in total. The summed E-state index contributed by atoms with van der Waals surface area (Å²) in [5.41, 5.74) is 0.993. The number of esters is 1. The summed E-state index contributed by atoms with van der Waals surface area (Å²) in [6.45, 7) is 6.13. The third-order valence-corrected chi connectivity index (χ3v) is 7.60. The number of hydrogen-bond donors (Lipinski definition) is 1. The molecule has 1 aliphatic heterocycles. The van der Waals surface area contributed by atoms with Crippen LogP contribution in [0.4, 0.5) is 11.8 Å². The molecule has 2 aromatic heterocycles. The molecule has 176 valence electrons. The topological polar surface area (TPSA) is 76.6 Å². The third-order valence-electron chi connectivity index (χ3n) is 5.72. The zero-order valence-corrected chi connectivity index (χ0v) is 21.1. The van der Waals surface area contributed by atoms with Crippen molar-refractivity contribution >= 4 is 62.5 Å². The molecule has 0 radical (unpaired) electrons. The summed E-state index contributed by atoms with van der Waals surface area (Å²) in [5.74, 6) is 1.77. The molecule has 10 heteroatoms. The molecule has 0 atom stereocenters. The van der Waals surface area contributed by atoms with Gasteiger partial charge in [-0.15, -0.1) is 11.3 Å². The molecular formula is C23H26Cl2N4O3S. The van der Waals surface area contributed by atoms with Gasteiger partial charge in [0.1, 0.15) is 16.4 Å². The summed E-state index contributed by atoms with van der Waals surface area (Å²) in [5, 5.41) is 5.46. The average Bonchev–Trinajstić information content (AvgIpc) is 3.11. The first kappa shape index (κ1) is 23.9. The molecule has 7 nitrogen and oxygen atoms in total. The molecule has 0 unspecified atom stereocenters. The number of rotatable bonds is 7. The highest BCUT2D eigenvalue weighted by molar-refractivity contribution is 7.19. The van der Waals surface area contributed by atoms with Crippen LogP contribution in [0.5, 0.6) is 5.75 Å². The molecule has 33 heavy (non-hydrogen) atoms. The van der Waals surface area contributed by atoms with Gasteiger partial charge in [-0.05, 0) is 44.4 Å². The van der Waals surface area contributed by atoms with Gasteiger partial charge in [0, 0.05) is 24.5 Å². The van der Waals surface area contributed by atoms with Gasteiger partial charge in [-0.25, -0.2) is 4.98 Å². The lowest BCUT2D eigenvalue weighted by atomic mass is 9.97. The zero-order chi connectivity index (χ0) is 23.5. The van der Waals surface area contributed by atoms with Crippen LogP contribution in [-0.2, 0) is 16.1 Å². The molecule has 1 aromatic carbocycles. The molecule has 3 aromatic rings. The summed E-state index contributed by atoms with van der Waals surface area (Å²) in [6, 6.07) is 5.67. The highest BCUT2D eigenvalue weighted by atomic mass is 35.5. The van der Waals surface area contributed by atoms with Gasteiger partial charge in [0.25, 0.3) is 0 Å². The number of carbonyl (C=O) groups excluding carboxylic acids is 1. The zero-order valence-electron chi connectivity index (χ0n) is 18.8. The first-order valence-electron chi connectivity index (χ1n) is 10.9. The maximum Gasteiger partial charge on any atom is 0.309 e. The van der Waals surface area contributed by atoms with Crippen molar-refractivity contribution in [2.45, 2.75) is 33.2 Å². The summed E-state index contributed by atoms with van der Waals surface area (Å²) in [6.07, 6.45) is 1.44. The molecule has 0 amide bonds. The van der Waals surface area contributed by atoms with Crippen molar-refractivity contribution in [3.05, 3.63) is 38.7 Å². The van der Waals surface area contributed by atoms with Crippen LogP contribution in [0, 0.1) is 12.8 Å². The van der Waals surface area contributed by atoms with Gasteiger partial charge in [-0.3, -0.25) is 4.79 Å². The molecule has 1 fully saturated rings. The second-order valence-electron chi connectivity index (χ2n) is 7.86. The smallest absolute Gasteiger partial charge is 0.309 e. The quantitative estimate of drug-likeness (QED) is 0.409. The molecule has 4 rings (SSSR count). The van der Waals surface area contributed by atoms with E-state index in [0.717, 1.165) is 33.5 Å². The van der Waals surface area contributed by atoms with Crippen LogP contribution in [0.3, 0.4) is 0 Å². The number of ether oxygens (including phenoxy) is 2. The fraction of sp³-hybridized carbons (Fsp3) is 0.435. The van der Waals surface area contributed by atoms with E-state index in [4.69, 9.17) is 42.6 Å². The number of piperidine rings is 1. The number of nitrogens with zero attached hydrogens (tertiary/aromatic N) is 3. The van der Waals surface area contributed by atoms with E-state index < -0.39 is 0 Å². The number of nitrogens with one attached hydrogen (secondary N) is 1. The largest absolute Gasteiger partial charge is 0.495 e. The van der Waals surface area contributed by atoms with Crippen LogP contribution in [-0.4, -0.2) is 42.7 Å². The number of methoxy groups -OCH3 is 1. The van der Waals surface area contributed by atoms with Crippen molar-refractivity contribution in [3.8, 4) is 5.75 Å². The van der Waals surface area contributed by atoms with Crippen LogP contribution in [0.1, 0.15) is 30.2 Å². The maximum atomic E-state index is 12.1. The Bertz CT molecular complexity index is 1160. The van der Waals surface area contributed by atoms with Crippen LogP contribution < -0.4 is 15.0 Å². The number of thiophene rings is 1. The Morgan fingerprint density at radius 3 is 2.70 bits per heavy atom. The van der Waals surface area contributed by atoms with Gasteiger partial charge in [-0.1, -0.05) is 29.3 Å². The van der Waals surface area contributed by atoms with Crippen LogP contribution in [0.2, 0.25) is 10.0 Å². The summed E-state index contributed by atoms with van der Waals surface area (Å²) >= 11 is 14.4. The van der Waals surface area contributed by atoms with Gasteiger partial charge < -0.3 is 19.7 Å². The molecule has 1 saturated heterocycles. The highest BCUT2D eigenvalue weighted by Gasteiger charge is 2.28. The van der Waals surface area contributed by atoms with Crippen LogP contribution in [0.15, 0.2) is 18.2 Å². The molecule has 0 aliphatic carbocycles. The second kappa shape index (κ2) is 10.3. The van der Waals surface area contributed by atoms with Crippen molar-refractivity contribution in [1.29, 1.82) is 0 Å². The lowest BCUT2D eigenvalue weighted by Crippen LogP contribution is -2.38. The predicted octanol–water partition coefficient (Wildman–Crippen LogP) is 5.71. The minimum atomic E-state index is -0.116. The fourth-order valence-electron chi connectivity index (χ4n) is 3.92. The average molecular weight is 509 g/mol. The number of halogens is 2. The standard InChI is InChI=1S/C23H26Cl2N4O3S/c1-4-32-22(30)15-7-9-29(10-8-15)23-27-20(18-19(25)13(2)33-21(18)28-23)26-12-14-5-6-17(31-3)16(24)11-14/h5-6,11,15H,4,7-10,12H2,1-3H3,(H,26,27,28). The fourth-order valence-corrected chi connectivity index (χ4v) is 5.46. The van der Waals surface area contributed by atoms with Crippen molar-refractivity contribution in [1.82, 2.24) is 9.97 Å². The maximum absolute atomic E-state index is 12.1. The third kappa shape index (κ3) is 5.13. The Kier molecular flexibility index (Phi) is 7.46.